The van der Waals surface area contributed by atoms with Crippen LogP contribution >= 0.6 is 11.6 Å². The number of Topliss-reactive ketones (excluding diaryl/α,β-unsaturated/α-hetero) is 1. The molecule has 2 aliphatic heterocycles. The highest BCUT2D eigenvalue weighted by molar-refractivity contribution is 6.49. The first-order valence-electron chi connectivity index (χ1n) is 8.25. The molecule has 6 rings (SSSR count). The van der Waals surface area contributed by atoms with Gasteiger partial charge >= 0.3 is 5.79 Å². The van der Waals surface area contributed by atoms with E-state index in [9.17, 15) is 14.4 Å². The Morgan fingerprint density at radius 1 is 0.852 bits per heavy atom. The van der Waals surface area contributed by atoms with Crippen LogP contribution < -0.4 is 9.47 Å². The number of ether oxygens (including phenoxy) is 3. The molecule has 0 amide bonds. The second-order valence-electron chi connectivity index (χ2n) is 6.83. The van der Waals surface area contributed by atoms with Crippen molar-refractivity contribution >= 4 is 39.7 Å². The molecule has 0 unspecified atom stereocenters. The summed E-state index contributed by atoms with van der Waals surface area (Å²) in [5.41, 5.74) is -3.97. The van der Waals surface area contributed by atoms with Crippen molar-refractivity contribution in [1.82, 2.24) is 0 Å². The number of carbonyl (C=O) groups is 3. The minimum atomic E-state index is -2.04. The summed E-state index contributed by atoms with van der Waals surface area (Å²) in [5, 5.41) is 1.33. The fourth-order valence-electron chi connectivity index (χ4n) is 4.34. The van der Waals surface area contributed by atoms with Gasteiger partial charge in [-0.05, 0) is 29.7 Å². The van der Waals surface area contributed by atoms with Gasteiger partial charge in [0.1, 0.15) is 11.5 Å². The fraction of sp³-hybridized carbons (Fsp3) is 0.150. The molecule has 132 valence electrons. The van der Waals surface area contributed by atoms with Crippen molar-refractivity contribution in [3.05, 3.63) is 59.7 Å². The molecule has 2 atom stereocenters. The van der Waals surface area contributed by atoms with Crippen molar-refractivity contribution in [2.24, 2.45) is 0 Å². The maximum absolute atomic E-state index is 12.9. The molecule has 1 spiro atoms. The normalized spacial score (nSPS) is 31.7. The van der Waals surface area contributed by atoms with Crippen LogP contribution in [-0.4, -0.2) is 34.3 Å². The molecule has 2 aromatic rings. The number of benzene rings is 2. The van der Waals surface area contributed by atoms with E-state index in [1.54, 1.807) is 24.3 Å². The molecule has 2 heterocycles. The molecular weight excluding hydrogens is 372 g/mol. The predicted octanol–water partition coefficient (Wildman–Crippen LogP) is 2.23. The summed E-state index contributed by atoms with van der Waals surface area (Å²) in [4.78, 5) is 38.1. The number of rotatable bonds is 0. The first-order chi connectivity index (χ1) is 13.0. The molecule has 0 aromatic heterocycles. The summed E-state index contributed by atoms with van der Waals surface area (Å²) >= 11 is 6.15. The van der Waals surface area contributed by atoms with Gasteiger partial charge in [-0.25, -0.2) is 0 Å². The topological polar surface area (TPSA) is 82.2 Å². The summed E-state index contributed by atoms with van der Waals surface area (Å²) in [6, 6.07) is 10.8. The molecule has 0 N–H and O–H groups in total. The second-order valence-corrected chi connectivity index (χ2v) is 7.24. The fourth-order valence-corrected chi connectivity index (χ4v) is 4.62. The van der Waals surface area contributed by atoms with Gasteiger partial charge in [0.15, 0.2) is 11.6 Å². The van der Waals surface area contributed by atoms with Gasteiger partial charge in [-0.2, -0.15) is 0 Å². The van der Waals surface area contributed by atoms with Crippen molar-refractivity contribution < 1.29 is 28.6 Å². The summed E-state index contributed by atoms with van der Waals surface area (Å²) < 4.78 is 17.9. The molecule has 27 heavy (non-hydrogen) atoms. The van der Waals surface area contributed by atoms with E-state index >= 15 is 0 Å². The zero-order valence-corrected chi connectivity index (χ0v) is 14.3. The number of halogens is 1. The van der Waals surface area contributed by atoms with Crippen molar-refractivity contribution in [2.75, 3.05) is 0 Å². The van der Waals surface area contributed by atoms with Crippen LogP contribution in [0.5, 0.6) is 11.5 Å². The zero-order valence-electron chi connectivity index (χ0n) is 13.5. The lowest BCUT2D eigenvalue weighted by atomic mass is 9.70. The Kier molecular flexibility index (Phi) is 2.41. The minimum Gasteiger partial charge on any atom is -0.445 e. The third-order valence-corrected chi connectivity index (χ3v) is 5.82. The third-order valence-electron chi connectivity index (χ3n) is 5.54. The lowest BCUT2D eigenvalue weighted by Gasteiger charge is -2.42. The van der Waals surface area contributed by atoms with Gasteiger partial charge in [0, 0.05) is 6.08 Å². The zero-order chi connectivity index (χ0) is 18.6. The number of hydrogen-bond acceptors (Lipinski definition) is 6. The summed E-state index contributed by atoms with van der Waals surface area (Å²) in [6.45, 7) is 0. The Hall–Kier alpha value is -2.96. The lowest BCUT2D eigenvalue weighted by Crippen LogP contribution is -2.67. The molecule has 0 radical (unpaired) electrons. The maximum Gasteiger partial charge on any atom is 0.314 e. The van der Waals surface area contributed by atoms with Crippen LogP contribution in [0, 0.1) is 0 Å². The van der Waals surface area contributed by atoms with Gasteiger partial charge in [0.25, 0.3) is 5.60 Å². The average molecular weight is 381 g/mol. The first-order valence-corrected chi connectivity index (χ1v) is 8.63. The van der Waals surface area contributed by atoms with Crippen LogP contribution in [0.25, 0.3) is 10.8 Å². The summed E-state index contributed by atoms with van der Waals surface area (Å²) in [5.74, 6) is -2.97. The van der Waals surface area contributed by atoms with Gasteiger partial charge in [-0.1, -0.05) is 35.9 Å². The first kappa shape index (κ1) is 15.1. The van der Waals surface area contributed by atoms with Crippen LogP contribution in [0.1, 0.15) is 0 Å². The Labute approximate surface area is 156 Å². The Bertz CT molecular complexity index is 1150. The number of epoxide rings is 1. The predicted molar refractivity (Wildman–Crippen MR) is 92.6 cm³/mol. The molecule has 1 fully saturated rings. The van der Waals surface area contributed by atoms with Crippen LogP contribution in [0.3, 0.4) is 0 Å². The van der Waals surface area contributed by atoms with E-state index in [-0.39, 0.29) is 5.03 Å². The Morgan fingerprint density at radius 2 is 1.48 bits per heavy atom. The smallest absolute Gasteiger partial charge is 0.314 e. The van der Waals surface area contributed by atoms with Gasteiger partial charge in [0.05, 0.1) is 10.4 Å². The molecule has 1 saturated heterocycles. The van der Waals surface area contributed by atoms with E-state index in [4.69, 9.17) is 25.8 Å². The second kappa shape index (κ2) is 4.30. The van der Waals surface area contributed by atoms with E-state index in [0.717, 1.165) is 22.9 Å². The lowest BCUT2D eigenvalue weighted by molar-refractivity contribution is -0.157. The van der Waals surface area contributed by atoms with E-state index in [2.05, 4.69) is 0 Å². The molecule has 7 heteroatoms. The number of hydrogen-bond donors (Lipinski definition) is 0. The summed E-state index contributed by atoms with van der Waals surface area (Å²) in [6.07, 6.45) is 3.34. The van der Waals surface area contributed by atoms with Crippen LogP contribution in [0.2, 0.25) is 0 Å². The number of carbonyl (C=O) groups excluding carboxylic acids is 3. The Morgan fingerprint density at radius 3 is 2.15 bits per heavy atom. The van der Waals surface area contributed by atoms with Crippen molar-refractivity contribution in [1.29, 1.82) is 0 Å². The van der Waals surface area contributed by atoms with E-state index in [1.165, 1.54) is 6.08 Å². The van der Waals surface area contributed by atoms with Crippen molar-refractivity contribution in [2.45, 2.75) is 17.0 Å². The van der Waals surface area contributed by atoms with Gasteiger partial charge in [0.2, 0.25) is 11.4 Å². The monoisotopic (exact) mass is 380 g/mol. The third kappa shape index (κ3) is 1.41. The number of ketones is 3. The van der Waals surface area contributed by atoms with Crippen LogP contribution in [0.15, 0.2) is 59.7 Å². The largest absolute Gasteiger partial charge is 0.445 e. The average Bonchev–Trinajstić information content (AvgIpc) is 3.39. The van der Waals surface area contributed by atoms with Gasteiger partial charge in [-0.15, -0.1) is 0 Å². The van der Waals surface area contributed by atoms with E-state index < -0.39 is 34.3 Å². The molecule has 4 aliphatic rings. The van der Waals surface area contributed by atoms with Crippen molar-refractivity contribution in [3.8, 4) is 11.5 Å². The molecule has 2 aliphatic carbocycles. The quantitative estimate of drug-likeness (QED) is 0.515. The SMILES string of the molecule is O=C1C=CC(=O)[C@]23O[C@]12C(=O)C(Cl)=CC31Oc2cccc3cccc(c23)O1. The maximum atomic E-state index is 12.9. The highest BCUT2D eigenvalue weighted by Gasteiger charge is 2.94. The minimum absolute atomic E-state index is 0.272. The highest BCUT2D eigenvalue weighted by Crippen LogP contribution is 2.65. The highest BCUT2D eigenvalue weighted by atomic mass is 35.5. The van der Waals surface area contributed by atoms with Crippen LogP contribution in [0.4, 0.5) is 0 Å². The van der Waals surface area contributed by atoms with Crippen LogP contribution in [-0.2, 0) is 19.1 Å². The molecule has 6 nitrogen and oxygen atoms in total. The van der Waals surface area contributed by atoms with E-state index in [1.807, 2.05) is 12.1 Å². The van der Waals surface area contributed by atoms with Crippen molar-refractivity contribution in [3.63, 3.8) is 0 Å². The van der Waals surface area contributed by atoms with E-state index in [0.29, 0.717) is 11.5 Å². The molecule has 0 bridgehead atoms. The van der Waals surface area contributed by atoms with Gasteiger partial charge in [-0.3, -0.25) is 14.4 Å². The molecular formula is C20H9ClO6. The molecule has 2 aromatic carbocycles. The molecule has 0 saturated carbocycles. The standard InChI is InChI=1S/C20H9ClO6/c21-11-9-18(20-15(23)8-7-14(22)19(20,27-20)17(11)24)25-12-5-1-3-10-4-2-6-13(26-18)16(10)12/h1-9H/t19-,20+/m0/s1. The summed E-state index contributed by atoms with van der Waals surface area (Å²) in [7, 11) is 0. The Balaban J connectivity index is 1.66. The van der Waals surface area contributed by atoms with Gasteiger partial charge < -0.3 is 14.2 Å².